The minimum absolute atomic E-state index is 0.455. The van der Waals surface area contributed by atoms with Gasteiger partial charge in [0.2, 0.25) is 0 Å². The van der Waals surface area contributed by atoms with Crippen molar-refractivity contribution in [3.63, 3.8) is 0 Å². The second-order valence-electron chi connectivity index (χ2n) is 4.87. The maximum atomic E-state index is 4.44. The molecule has 90 valence electrons. The van der Waals surface area contributed by atoms with Gasteiger partial charge in [0, 0.05) is 0 Å². The molecule has 1 saturated carbocycles. The number of benzene rings is 1. The minimum atomic E-state index is 0.455. The molecule has 0 unspecified atom stereocenters. The zero-order valence-electron chi connectivity index (χ0n) is 10.7. The van der Waals surface area contributed by atoms with Crippen molar-refractivity contribution in [2.24, 2.45) is 9.98 Å². The second kappa shape index (κ2) is 5.79. The summed E-state index contributed by atoms with van der Waals surface area (Å²) in [5, 5.41) is 0. The molecule has 0 bridgehead atoms. The lowest BCUT2D eigenvalue weighted by molar-refractivity contribution is 0.444. The first kappa shape index (κ1) is 12.1. The van der Waals surface area contributed by atoms with Crippen LogP contribution in [0.15, 0.2) is 28.2 Å². The Bertz CT molecular complexity index is 416. The van der Waals surface area contributed by atoms with E-state index in [1.165, 1.54) is 43.2 Å². The van der Waals surface area contributed by atoms with Gasteiger partial charge in [0.1, 0.15) is 0 Å². The minimum Gasteiger partial charge on any atom is -0.222 e. The molecule has 1 aliphatic carbocycles. The number of nitrogens with zero attached hydrogens (tertiary/aromatic N) is 2. The summed E-state index contributed by atoms with van der Waals surface area (Å²) in [6, 6.07) is 9.57. The first-order valence-corrected chi connectivity index (χ1v) is 6.49. The molecule has 2 rings (SSSR count). The standard InChI is InChI=1S/C15H20N2/c1-12-7-6-8-13(2)15(12)17-11-16-14-9-4-3-5-10-14/h6-8,14H,3-5,9-10H2,1-2H3. The zero-order chi connectivity index (χ0) is 12.1. The van der Waals surface area contributed by atoms with Crippen LogP contribution >= 0.6 is 0 Å². The van der Waals surface area contributed by atoms with Gasteiger partial charge in [0.15, 0.2) is 0 Å². The summed E-state index contributed by atoms with van der Waals surface area (Å²) in [6.45, 7) is 4.16. The monoisotopic (exact) mass is 228 g/mol. The highest BCUT2D eigenvalue weighted by molar-refractivity contribution is 5.59. The Morgan fingerprint density at radius 1 is 1.06 bits per heavy atom. The van der Waals surface area contributed by atoms with E-state index in [4.69, 9.17) is 0 Å². The van der Waals surface area contributed by atoms with Gasteiger partial charge < -0.3 is 0 Å². The number of hydrogen-bond acceptors (Lipinski definition) is 2. The highest BCUT2D eigenvalue weighted by atomic mass is 14.8. The normalized spacial score (nSPS) is 16.4. The van der Waals surface area contributed by atoms with Crippen molar-refractivity contribution in [2.45, 2.75) is 52.0 Å². The van der Waals surface area contributed by atoms with Crippen molar-refractivity contribution in [1.29, 1.82) is 0 Å². The molecule has 2 nitrogen and oxygen atoms in total. The third-order valence-electron chi connectivity index (χ3n) is 3.42. The topological polar surface area (TPSA) is 24.7 Å². The summed E-state index contributed by atoms with van der Waals surface area (Å²) in [4.78, 5) is 8.83. The van der Waals surface area contributed by atoms with E-state index in [1.807, 2.05) is 0 Å². The van der Waals surface area contributed by atoms with Gasteiger partial charge in [0.05, 0.1) is 17.7 Å². The van der Waals surface area contributed by atoms with Gasteiger partial charge in [-0.1, -0.05) is 37.5 Å². The van der Waals surface area contributed by atoms with E-state index in [0.717, 1.165) is 5.69 Å². The first-order valence-electron chi connectivity index (χ1n) is 6.49. The Hall–Kier alpha value is -1.40. The van der Waals surface area contributed by atoms with Crippen molar-refractivity contribution in [3.8, 4) is 0 Å². The summed E-state index contributed by atoms with van der Waals surface area (Å²) < 4.78 is 0. The molecule has 0 radical (unpaired) electrons. The maximum Gasteiger partial charge on any atom is 0.0952 e. The summed E-state index contributed by atoms with van der Waals surface area (Å²) >= 11 is 0. The highest BCUT2D eigenvalue weighted by Gasteiger charge is 2.10. The van der Waals surface area contributed by atoms with Crippen molar-refractivity contribution < 1.29 is 0 Å². The molecular weight excluding hydrogens is 208 g/mol. The van der Waals surface area contributed by atoms with Crippen molar-refractivity contribution >= 4 is 11.7 Å². The number of hydrogen-bond donors (Lipinski definition) is 0. The van der Waals surface area contributed by atoms with E-state index in [1.54, 1.807) is 0 Å². The Balaban J connectivity index is 2.11. The average molecular weight is 228 g/mol. The second-order valence-corrected chi connectivity index (χ2v) is 4.87. The first-order chi connectivity index (χ1) is 8.27. The van der Waals surface area contributed by atoms with Crippen molar-refractivity contribution in [3.05, 3.63) is 29.3 Å². The van der Waals surface area contributed by atoms with Gasteiger partial charge >= 0.3 is 0 Å². The van der Waals surface area contributed by atoms with Gasteiger partial charge in [-0.25, -0.2) is 4.99 Å². The van der Waals surface area contributed by atoms with Gasteiger partial charge in [0.25, 0.3) is 0 Å². The molecule has 0 N–H and O–H groups in total. The van der Waals surface area contributed by atoms with E-state index >= 15 is 0 Å². The van der Waals surface area contributed by atoms with Crippen LogP contribution in [0, 0.1) is 13.8 Å². The summed E-state index contributed by atoms with van der Waals surface area (Å²) in [5.74, 6) is 0. The van der Waals surface area contributed by atoms with Crippen molar-refractivity contribution in [1.82, 2.24) is 0 Å². The van der Waals surface area contributed by atoms with Crippen molar-refractivity contribution in [2.75, 3.05) is 0 Å². The zero-order valence-corrected chi connectivity index (χ0v) is 10.7. The predicted molar refractivity (Wildman–Crippen MR) is 72.3 cm³/mol. The van der Waals surface area contributed by atoms with Crippen LogP contribution in [0.25, 0.3) is 0 Å². The van der Waals surface area contributed by atoms with Crippen LogP contribution in [-0.2, 0) is 0 Å². The fraction of sp³-hybridized carbons (Fsp3) is 0.533. The smallest absolute Gasteiger partial charge is 0.0952 e. The maximum absolute atomic E-state index is 4.44. The van der Waals surface area contributed by atoms with Crippen LogP contribution in [-0.4, -0.2) is 12.1 Å². The van der Waals surface area contributed by atoms with Crippen LogP contribution in [0.2, 0.25) is 0 Å². The predicted octanol–water partition coefficient (Wildman–Crippen LogP) is 4.44. The molecule has 1 fully saturated rings. The molecule has 0 aromatic heterocycles. The molecule has 0 heterocycles. The van der Waals surface area contributed by atoms with Crippen LogP contribution in [0.3, 0.4) is 0 Å². The van der Waals surface area contributed by atoms with Gasteiger partial charge in [-0.15, -0.1) is 0 Å². The quantitative estimate of drug-likeness (QED) is 0.668. The lowest BCUT2D eigenvalue weighted by Gasteiger charge is -2.15. The molecule has 0 spiro atoms. The molecular formula is C15H20N2. The molecule has 17 heavy (non-hydrogen) atoms. The van der Waals surface area contributed by atoms with Crippen LogP contribution < -0.4 is 0 Å². The van der Waals surface area contributed by atoms with Gasteiger partial charge in [-0.3, -0.25) is 0 Å². The number of aryl methyl sites for hydroxylation is 2. The third-order valence-corrected chi connectivity index (χ3v) is 3.42. The fourth-order valence-corrected chi connectivity index (χ4v) is 2.35. The summed E-state index contributed by atoms with van der Waals surface area (Å²) in [7, 11) is 0. The van der Waals surface area contributed by atoms with E-state index in [-0.39, 0.29) is 0 Å². The lowest BCUT2D eigenvalue weighted by Crippen LogP contribution is -2.08. The summed E-state index contributed by atoms with van der Waals surface area (Å²) in [6.07, 6.45) is 6.38. The Morgan fingerprint density at radius 2 is 1.71 bits per heavy atom. The van der Waals surface area contributed by atoms with E-state index in [0.29, 0.717) is 6.04 Å². The Morgan fingerprint density at radius 3 is 2.35 bits per heavy atom. The SMILES string of the molecule is Cc1cccc(C)c1N=C=NC1CCCCC1. The number of rotatable bonds is 2. The molecule has 0 atom stereocenters. The fourth-order valence-electron chi connectivity index (χ4n) is 2.35. The van der Waals surface area contributed by atoms with E-state index in [2.05, 4.69) is 48.0 Å². The molecule has 1 aromatic rings. The molecule has 1 aliphatic rings. The molecule has 1 aromatic carbocycles. The van der Waals surface area contributed by atoms with Crippen LogP contribution in [0.4, 0.5) is 5.69 Å². The molecule has 0 aliphatic heterocycles. The van der Waals surface area contributed by atoms with Gasteiger partial charge in [-0.05, 0) is 37.8 Å². The van der Waals surface area contributed by atoms with Gasteiger partial charge in [-0.2, -0.15) is 4.99 Å². The van der Waals surface area contributed by atoms with E-state index < -0.39 is 0 Å². The Kier molecular flexibility index (Phi) is 4.11. The summed E-state index contributed by atoms with van der Waals surface area (Å²) in [5.41, 5.74) is 3.40. The average Bonchev–Trinajstić information content (AvgIpc) is 2.34. The molecule has 2 heteroatoms. The van der Waals surface area contributed by atoms with Crippen LogP contribution in [0.5, 0.6) is 0 Å². The number of aliphatic imine (C=N–C) groups is 2. The molecule has 0 saturated heterocycles. The van der Waals surface area contributed by atoms with E-state index in [9.17, 15) is 0 Å². The lowest BCUT2D eigenvalue weighted by atomic mass is 9.96. The largest absolute Gasteiger partial charge is 0.222 e. The van der Waals surface area contributed by atoms with Crippen LogP contribution in [0.1, 0.15) is 43.2 Å². The third kappa shape index (κ3) is 3.28. The molecule has 0 amide bonds. The highest BCUT2D eigenvalue weighted by Crippen LogP contribution is 2.23. The Labute approximate surface area is 104 Å². The number of para-hydroxylation sites is 1.